The zero-order chi connectivity index (χ0) is 24.2. The second-order valence-electron chi connectivity index (χ2n) is 8.73. The van der Waals surface area contributed by atoms with Gasteiger partial charge in [-0.2, -0.15) is 5.26 Å². The molecule has 8 heteroatoms. The molecular formula is C27H30N4O4. The average molecular weight is 475 g/mol. The van der Waals surface area contributed by atoms with Crippen LogP contribution in [0.1, 0.15) is 18.9 Å². The molecule has 0 spiro atoms. The van der Waals surface area contributed by atoms with Crippen LogP contribution in [0.4, 0.5) is 10.5 Å². The number of benzene rings is 2. The fourth-order valence-electron chi connectivity index (χ4n) is 4.91. The Bertz CT molecular complexity index is 1260. The third-order valence-corrected chi connectivity index (χ3v) is 6.65. The van der Waals surface area contributed by atoms with E-state index in [0.717, 1.165) is 72.9 Å². The number of ether oxygens (including phenoxy) is 3. The lowest BCUT2D eigenvalue weighted by atomic mass is 10.0. The van der Waals surface area contributed by atoms with Gasteiger partial charge in [0.1, 0.15) is 18.4 Å². The maximum absolute atomic E-state index is 12.1. The summed E-state index contributed by atoms with van der Waals surface area (Å²) in [5, 5.41) is 11.0. The molecule has 5 rings (SSSR count). The zero-order valence-electron chi connectivity index (χ0n) is 20.0. The molecule has 3 heterocycles. The molecule has 0 aliphatic carbocycles. The molecule has 1 aromatic heterocycles. The number of amides is 1. The first-order valence-electron chi connectivity index (χ1n) is 12.2. The number of morpholine rings is 1. The Kier molecular flexibility index (Phi) is 6.89. The molecule has 0 bridgehead atoms. The van der Waals surface area contributed by atoms with Crippen molar-refractivity contribution in [2.45, 2.75) is 19.9 Å². The van der Waals surface area contributed by atoms with E-state index in [1.54, 1.807) is 4.90 Å². The predicted octanol–water partition coefficient (Wildman–Crippen LogP) is 4.26. The Morgan fingerprint density at radius 2 is 1.94 bits per heavy atom. The van der Waals surface area contributed by atoms with Crippen molar-refractivity contribution in [2.75, 3.05) is 57.5 Å². The van der Waals surface area contributed by atoms with E-state index in [1.165, 1.54) is 0 Å². The summed E-state index contributed by atoms with van der Waals surface area (Å²) in [5.41, 5.74) is 4.11. The molecule has 0 atom stereocenters. The summed E-state index contributed by atoms with van der Waals surface area (Å²) < 4.78 is 18.7. The van der Waals surface area contributed by atoms with Gasteiger partial charge in [0, 0.05) is 48.9 Å². The number of aromatic nitrogens is 1. The van der Waals surface area contributed by atoms with E-state index in [0.29, 0.717) is 31.9 Å². The number of fused-ring (bicyclic) bond motifs is 1. The molecule has 0 unspecified atom stereocenters. The van der Waals surface area contributed by atoms with E-state index >= 15 is 0 Å². The lowest BCUT2D eigenvalue weighted by molar-refractivity contribution is 0.0358. The van der Waals surface area contributed by atoms with Crippen LogP contribution in [0.15, 0.2) is 42.5 Å². The number of rotatable bonds is 8. The first-order valence-corrected chi connectivity index (χ1v) is 12.2. The number of anilines is 1. The topological polar surface area (TPSA) is 80.0 Å². The van der Waals surface area contributed by atoms with Crippen LogP contribution in [-0.2, 0) is 16.0 Å². The van der Waals surface area contributed by atoms with Crippen LogP contribution in [-0.4, -0.2) is 68.2 Å². The van der Waals surface area contributed by atoms with Crippen LogP contribution >= 0.6 is 0 Å². The number of nitrogens with zero attached hydrogens (tertiary/aromatic N) is 4. The summed E-state index contributed by atoms with van der Waals surface area (Å²) in [4.78, 5) is 16.1. The molecule has 35 heavy (non-hydrogen) atoms. The number of carbonyl (C=O) groups excluding carboxylic acids is 1. The Morgan fingerprint density at radius 3 is 2.69 bits per heavy atom. The highest BCUT2D eigenvalue weighted by atomic mass is 16.6. The Labute approximate surface area is 205 Å². The van der Waals surface area contributed by atoms with Crippen molar-refractivity contribution in [3.8, 4) is 23.1 Å². The first kappa shape index (κ1) is 23.2. The largest absolute Gasteiger partial charge is 0.493 e. The molecule has 2 aliphatic rings. The minimum absolute atomic E-state index is 0.339. The summed E-state index contributed by atoms with van der Waals surface area (Å²) in [5.74, 6) is 0.802. The van der Waals surface area contributed by atoms with Gasteiger partial charge in [0.15, 0.2) is 0 Å². The highest BCUT2D eigenvalue weighted by Crippen LogP contribution is 2.36. The van der Waals surface area contributed by atoms with Gasteiger partial charge >= 0.3 is 6.09 Å². The Balaban J connectivity index is 1.41. The summed E-state index contributed by atoms with van der Waals surface area (Å²) in [6.45, 7) is 8.90. The standard InChI is InChI=1S/C27H30N4O4/c1-2-30-25-18-22(34-13-4-9-29-10-14-33-15-11-29)7-8-23(25)24(19-28)26(30)20-5-3-6-21(17-20)31-12-16-35-27(31)32/h3,5-8,17-18H,2,4,9-16H2,1H3. The highest BCUT2D eigenvalue weighted by molar-refractivity contribution is 5.96. The van der Waals surface area contributed by atoms with E-state index < -0.39 is 0 Å². The third-order valence-electron chi connectivity index (χ3n) is 6.65. The molecular weight excluding hydrogens is 444 g/mol. The predicted molar refractivity (Wildman–Crippen MR) is 134 cm³/mol. The molecule has 182 valence electrons. The number of nitriles is 1. The second-order valence-corrected chi connectivity index (χ2v) is 8.73. The van der Waals surface area contributed by atoms with Gasteiger partial charge in [0.05, 0.1) is 43.1 Å². The maximum Gasteiger partial charge on any atom is 0.414 e. The molecule has 3 aromatic rings. The first-order chi connectivity index (χ1) is 17.2. The van der Waals surface area contributed by atoms with Crippen LogP contribution in [0.5, 0.6) is 5.75 Å². The maximum atomic E-state index is 12.1. The third kappa shape index (κ3) is 4.70. The molecule has 0 radical (unpaired) electrons. The number of carbonyl (C=O) groups is 1. The lowest BCUT2D eigenvalue weighted by Crippen LogP contribution is -2.37. The van der Waals surface area contributed by atoms with Gasteiger partial charge < -0.3 is 18.8 Å². The normalized spacial score (nSPS) is 16.5. The number of cyclic esters (lactones) is 1. The van der Waals surface area contributed by atoms with Crippen LogP contribution < -0.4 is 9.64 Å². The summed E-state index contributed by atoms with van der Waals surface area (Å²) in [7, 11) is 0. The highest BCUT2D eigenvalue weighted by Gasteiger charge is 2.25. The molecule has 2 saturated heterocycles. The number of hydrogen-bond acceptors (Lipinski definition) is 6. The van der Waals surface area contributed by atoms with Crippen LogP contribution in [0, 0.1) is 11.3 Å². The van der Waals surface area contributed by atoms with Gasteiger partial charge in [0.2, 0.25) is 0 Å². The van der Waals surface area contributed by atoms with Crippen molar-refractivity contribution in [3.05, 3.63) is 48.0 Å². The van der Waals surface area contributed by atoms with Gasteiger partial charge in [-0.15, -0.1) is 0 Å². The van der Waals surface area contributed by atoms with E-state index in [4.69, 9.17) is 14.2 Å². The molecule has 2 fully saturated rings. The molecule has 0 N–H and O–H groups in total. The fourth-order valence-corrected chi connectivity index (χ4v) is 4.91. The van der Waals surface area contributed by atoms with Gasteiger partial charge in [-0.3, -0.25) is 9.80 Å². The van der Waals surface area contributed by atoms with Gasteiger partial charge in [-0.25, -0.2) is 4.79 Å². The van der Waals surface area contributed by atoms with Gasteiger partial charge in [-0.1, -0.05) is 12.1 Å². The van der Waals surface area contributed by atoms with Crippen molar-refractivity contribution >= 4 is 22.7 Å². The average Bonchev–Trinajstić information content (AvgIpc) is 3.47. The van der Waals surface area contributed by atoms with Crippen LogP contribution in [0.2, 0.25) is 0 Å². The van der Waals surface area contributed by atoms with Gasteiger partial charge in [0.25, 0.3) is 0 Å². The molecule has 8 nitrogen and oxygen atoms in total. The van der Waals surface area contributed by atoms with E-state index in [2.05, 4.69) is 22.5 Å². The monoisotopic (exact) mass is 474 g/mol. The zero-order valence-corrected chi connectivity index (χ0v) is 20.0. The van der Waals surface area contributed by atoms with E-state index in [-0.39, 0.29) is 6.09 Å². The number of hydrogen-bond donors (Lipinski definition) is 0. The van der Waals surface area contributed by atoms with Crippen molar-refractivity contribution in [1.29, 1.82) is 5.26 Å². The molecule has 1 amide bonds. The van der Waals surface area contributed by atoms with E-state index in [1.807, 2.05) is 42.5 Å². The molecule has 2 aliphatic heterocycles. The van der Waals surface area contributed by atoms with Crippen molar-refractivity contribution in [3.63, 3.8) is 0 Å². The van der Waals surface area contributed by atoms with Crippen LogP contribution in [0.25, 0.3) is 22.2 Å². The second kappa shape index (κ2) is 10.4. The fraction of sp³-hybridized carbons (Fsp3) is 0.407. The minimum Gasteiger partial charge on any atom is -0.493 e. The van der Waals surface area contributed by atoms with Crippen molar-refractivity contribution in [1.82, 2.24) is 9.47 Å². The quantitative estimate of drug-likeness (QED) is 0.454. The Morgan fingerprint density at radius 1 is 1.09 bits per heavy atom. The minimum atomic E-state index is -0.339. The summed E-state index contributed by atoms with van der Waals surface area (Å²) >= 11 is 0. The molecule has 0 saturated carbocycles. The SMILES string of the molecule is CCn1c(-c2cccc(N3CCOC3=O)c2)c(C#N)c2ccc(OCCCN3CCOCC3)cc21. The molecule has 2 aromatic carbocycles. The van der Waals surface area contributed by atoms with Crippen molar-refractivity contribution < 1.29 is 19.0 Å². The number of aryl methyl sites for hydroxylation is 1. The van der Waals surface area contributed by atoms with Crippen molar-refractivity contribution in [2.24, 2.45) is 0 Å². The summed E-state index contributed by atoms with van der Waals surface area (Å²) in [6.07, 6.45) is 0.613. The Hall–Kier alpha value is -3.54. The lowest BCUT2D eigenvalue weighted by Gasteiger charge is -2.26. The summed E-state index contributed by atoms with van der Waals surface area (Å²) in [6, 6.07) is 16.1. The van der Waals surface area contributed by atoms with Crippen LogP contribution in [0.3, 0.4) is 0 Å². The van der Waals surface area contributed by atoms with E-state index in [9.17, 15) is 10.1 Å². The van der Waals surface area contributed by atoms with Gasteiger partial charge in [-0.05, 0) is 37.6 Å². The smallest absolute Gasteiger partial charge is 0.414 e.